The number of phosphoric ester groups is 1. The van der Waals surface area contributed by atoms with Crippen molar-refractivity contribution in [2.75, 3.05) is 0 Å². The van der Waals surface area contributed by atoms with E-state index in [9.17, 15) is 25.0 Å². The summed E-state index contributed by atoms with van der Waals surface area (Å²) in [6.07, 6.45) is 0.695. The highest BCUT2D eigenvalue weighted by Gasteiger charge is 2.31. The van der Waals surface area contributed by atoms with E-state index in [1.54, 1.807) is 12.1 Å². The predicted molar refractivity (Wildman–Crippen MR) is 87.9 cm³/mol. The van der Waals surface area contributed by atoms with Crippen LogP contribution in [0.1, 0.15) is 24.0 Å². The molecule has 0 amide bonds. The molecule has 136 valence electrons. The average Bonchev–Trinajstić information content (AvgIpc) is 2.47. The summed E-state index contributed by atoms with van der Waals surface area (Å²) in [7, 11) is -4.94. The summed E-state index contributed by atoms with van der Waals surface area (Å²) >= 11 is 0. The number of rotatable bonds is 7. The van der Waals surface area contributed by atoms with Crippen LogP contribution in [0.15, 0.2) is 42.5 Å². The number of aliphatic hydroxyl groups is 2. The van der Waals surface area contributed by atoms with E-state index in [4.69, 9.17) is 9.79 Å². The number of benzene rings is 2. The normalized spacial score (nSPS) is 12.2. The number of hydrogen-bond donors (Lipinski definition) is 6. The van der Waals surface area contributed by atoms with Crippen LogP contribution in [0.2, 0.25) is 0 Å². The molecule has 2 rings (SSSR count). The molecular formula is C16H19O8P. The van der Waals surface area contributed by atoms with Crippen LogP contribution in [0.3, 0.4) is 0 Å². The summed E-state index contributed by atoms with van der Waals surface area (Å²) in [4.78, 5) is 17.8. The standard InChI is InChI=1S/C16H19O8P/c17-12-5-3-11(4-6-12)2-1-9-16(19,20)14-8-7-13(18)10-15(14)24-25(21,22)23/h3-8,10,17-20H,1-2,9H2,(H2,21,22,23). The van der Waals surface area contributed by atoms with Crippen LogP contribution < -0.4 is 4.52 Å². The molecule has 0 heterocycles. The molecule has 0 aliphatic heterocycles. The van der Waals surface area contributed by atoms with Gasteiger partial charge in [0.2, 0.25) is 0 Å². The Morgan fingerprint density at radius 3 is 2.16 bits per heavy atom. The number of hydrogen-bond acceptors (Lipinski definition) is 6. The highest BCUT2D eigenvalue weighted by atomic mass is 31.2. The molecule has 0 saturated heterocycles. The molecule has 0 spiro atoms. The average molecular weight is 370 g/mol. The second kappa shape index (κ2) is 7.43. The summed E-state index contributed by atoms with van der Waals surface area (Å²) in [5.41, 5.74) is 0.616. The Kier molecular flexibility index (Phi) is 5.72. The van der Waals surface area contributed by atoms with Gasteiger partial charge in [-0.3, -0.25) is 9.79 Å². The summed E-state index contributed by atoms with van der Waals surface area (Å²) < 4.78 is 15.5. The molecule has 0 aliphatic carbocycles. The van der Waals surface area contributed by atoms with Gasteiger partial charge in [-0.25, -0.2) is 4.57 Å². The van der Waals surface area contributed by atoms with Crippen LogP contribution in [0.25, 0.3) is 0 Å². The Hall–Kier alpha value is -2.09. The number of aromatic hydroxyl groups is 2. The first-order chi connectivity index (χ1) is 11.6. The fraction of sp³-hybridized carbons (Fsp3) is 0.250. The van der Waals surface area contributed by atoms with Crippen molar-refractivity contribution < 1.29 is 39.3 Å². The fourth-order valence-corrected chi connectivity index (χ4v) is 2.79. The van der Waals surface area contributed by atoms with Gasteiger partial charge in [0.25, 0.3) is 0 Å². The molecule has 2 aromatic carbocycles. The van der Waals surface area contributed by atoms with Crippen molar-refractivity contribution in [3.8, 4) is 17.2 Å². The first kappa shape index (κ1) is 19.2. The summed E-state index contributed by atoms with van der Waals surface area (Å²) in [5.74, 6) is -3.13. The first-order valence-corrected chi connectivity index (χ1v) is 8.91. The third-order valence-corrected chi connectivity index (χ3v) is 3.98. The van der Waals surface area contributed by atoms with Gasteiger partial charge in [-0.2, -0.15) is 0 Å². The Bertz CT molecular complexity index is 766. The molecule has 0 radical (unpaired) electrons. The molecule has 2 aromatic rings. The molecule has 0 fully saturated rings. The van der Waals surface area contributed by atoms with Crippen molar-refractivity contribution in [3.05, 3.63) is 53.6 Å². The Labute approximate surface area is 143 Å². The third-order valence-electron chi connectivity index (χ3n) is 3.54. The molecule has 6 N–H and O–H groups in total. The van der Waals surface area contributed by atoms with Gasteiger partial charge in [0.1, 0.15) is 17.2 Å². The smallest absolute Gasteiger partial charge is 0.508 e. The molecule has 0 bridgehead atoms. The van der Waals surface area contributed by atoms with Crippen LogP contribution >= 0.6 is 7.82 Å². The van der Waals surface area contributed by atoms with E-state index in [0.717, 1.165) is 23.8 Å². The van der Waals surface area contributed by atoms with Crippen LogP contribution in [-0.2, 0) is 16.8 Å². The lowest BCUT2D eigenvalue weighted by atomic mass is 9.97. The molecular weight excluding hydrogens is 351 g/mol. The number of phenolic OH excluding ortho intramolecular Hbond substituents is 2. The third kappa shape index (κ3) is 5.74. The van der Waals surface area contributed by atoms with Gasteiger partial charge >= 0.3 is 7.82 Å². The predicted octanol–water partition coefficient (Wildman–Crippen LogP) is 1.73. The van der Waals surface area contributed by atoms with E-state index in [0.29, 0.717) is 12.8 Å². The summed E-state index contributed by atoms with van der Waals surface area (Å²) in [6.45, 7) is 0. The highest BCUT2D eigenvalue weighted by molar-refractivity contribution is 7.46. The van der Waals surface area contributed by atoms with Crippen LogP contribution in [0.5, 0.6) is 17.2 Å². The zero-order valence-electron chi connectivity index (χ0n) is 13.1. The molecule has 8 nitrogen and oxygen atoms in total. The minimum atomic E-state index is -4.94. The highest BCUT2D eigenvalue weighted by Crippen LogP contribution is 2.43. The lowest BCUT2D eigenvalue weighted by Crippen LogP contribution is -2.25. The zero-order chi connectivity index (χ0) is 18.7. The minimum Gasteiger partial charge on any atom is -0.508 e. The maximum absolute atomic E-state index is 11.0. The van der Waals surface area contributed by atoms with Gasteiger partial charge in [0.05, 0.1) is 5.56 Å². The maximum Gasteiger partial charge on any atom is 0.524 e. The van der Waals surface area contributed by atoms with Gasteiger partial charge in [0.15, 0.2) is 5.79 Å². The lowest BCUT2D eigenvalue weighted by Gasteiger charge is -2.25. The van der Waals surface area contributed by atoms with E-state index in [1.807, 2.05) is 0 Å². The van der Waals surface area contributed by atoms with E-state index in [2.05, 4.69) is 4.52 Å². The lowest BCUT2D eigenvalue weighted by molar-refractivity contribution is -0.175. The first-order valence-electron chi connectivity index (χ1n) is 7.38. The summed E-state index contributed by atoms with van der Waals surface area (Å²) in [5, 5.41) is 39.2. The molecule has 0 aliphatic rings. The number of phosphoric acid groups is 1. The second-order valence-electron chi connectivity index (χ2n) is 5.60. The topological polar surface area (TPSA) is 148 Å². The largest absolute Gasteiger partial charge is 0.524 e. The van der Waals surface area contributed by atoms with Gasteiger partial charge < -0.3 is 24.9 Å². The SMILES string of the molecule is O=P(O)(O)Oc1cc(O)ccc1C(O)(O)CCCc1ccc(O)cc1. The van der Waals surface area contributed by atoms with Crippen LogP contribution in [0.4, 0.5) is 0 Å². The maximum atomic E-state index is 11.0. The van der Waals surface area contributed by atoms with E-state index in [1.165, 1.54) is 12.1 Å². The van der Waals surface area contributed by atoms with Crippen molar-refractivity contribution in [2.24, 2.45) is 0 Å². The molecule has 25 heavy (non-hydrogen) atoms. The quantitative estimate of drug-likeness (QED) is 0.319. The Morgan fingerprint density at radius 2 is 1.56 bits per heavy atom. The second-order valence-corrected chi connectivity index (χ2v) is 6.76. The number of aryl methyl sites for hydroxylation is 1. The van der Waals surface area contributed by atoms with E-state index in [-0.39, 0.29) is 23.5 Å². The molecule has 0 aromatic heterocycles. The zero-order valence-corrected chi connectivity index (χ0v) is 14.0. The van der Waals surface area contributed by atoms with E-state index >= 15 is 0 Å². The minimum absolute atomic E-state index is 0.130. The van der Waals surface area contributed by atoms with Crippen molar-refractivity contribution in [2.45, 2.75) is 25.0 Å². The molecule has 0 unspecified atom stereocenters. The number of phenols is 2. The van der Waals surface area contributed by atoms with Gasteiger partial charge in [-0.15, -0.1) is 0 Å². The molecule has 9 heteroatoms. The molecule has 0 atom stereocenters. The van der Waals surface area contributed by atoms with Crippen molar-refractivity contribution in [1.29, 1.82) is 0 Å². The Morgan fingerprint density at radius 1 is 0.960 bits per heavy atom. The van der Waals surface area contributed by atoms with Crippen molar-refractivity contribution >= 4 is 7.82 Å². The van der Waals surface area contributed by atoms with Gasteiger partial charge in [0, 0.05) is 12.5 Å². The van der Waals surface area contributed by atoms with E-state index < -0.39 is 19.4 Å². The van der Waals surface area contributed by atoms with Gasteiger partial charge in [-0.1, -0.05) is 12.1 Å². The fourth-order valence-electron chi connectivity index (χ4n) is 2.38. The monoisotopic (exact) mass is 370 g/mol. The Balaban J connectivity index is 2.12. The summed E-state index contributed by atoms with van der Waals surface area (Å²) in [6, 6.07) is 9.63. The molecule has 0 saturated carbocycles. The van der Waals surface area contributed by atoms with Crippen molar-refractivity contribution in [1.82, 2.24) is 0 Å². The van der Waals surface area contributed by atoms with Crippen molar-refractivity contribution in [3.63, 3.8) is 0 Å². The van der Waals surface area contributed by atoms with Crippen LogP contribution in [-0.4, -0.2) is 30.2 Å². The van der Waals surface area contributed by atoms with Crippen LogP contribution in [0, 0.1) is 0 Å². The van der Waals surface area contributed by atoms with Gasteiger partial charge in [-0.05, 0) is 42.7 Å².